The Labute approximate surface area is 149 Å². The van der Waals surface area contributed by atoms with Gasteiger partial charge in [-0.15, -0.1) is 0 Å². The number of aromatic nitrogens is 3. The van der Waals surface area contributed by atoms with E-state index in [2.05, 4.69) is 15.0 Å². The molecule has 0 radical (unpaired) electrons. The molecule has 0 saturated heterocycles. The van der Waals surface area contributed by atoms with Crippen LogP contribution in [0.3, 0.4) is 0 Å². The maximum absolute atomic E-state index is 12.6. The fourth-order valence-electron chi connectivity index (χ4n) is 2.70. The highest BCUT2D eigenvalue weighted by molar-refractivity contribution is 7.99. The SMILES string of the molecule is O=C(CSc1cc(-c2ccccc2)ncn1)c1c[nH]c2ccccc12. The third-order valence-electron chi connectivity index (χ3n) is 3.95. The standard InChI is InChI=1S/C20H15N3OS/c24-19(16-11-21-17-9-5-4-8-15(16)17)12-25-20-10-18(22-13-23-20)14-6-2-1-3-7-14/h1-11,13,21H,12H2. The molecule has 0 aliphatic rings. The Morgan fingerprint density at radius 2 is 1.80 bits per heavy atom. The van der Waals surface area contributed by atoms with Crippen molar-refractivity contribution in [2.24, 2.45) is 0 Å². The second kappa shape index (κ2) is 6.91. The van der Waals surface area contributed by atoms with Gasteiger partial charge in [0.2, 0.25) is 0 Å². The lowest BCUT2D eigenvalue weighted by Crippen LogP contribution is -2.02. The molecule has 0 spiro atoms. The van der Waals surface area contributed by atoms with Crippen LogP contribution in [0.1, 0.15) is 10.4 Å². The Balaban J connectivity index is 1.51. The largest absolute Gasteiger partial charge is 0.360 e. The van der Waals surface area contributed by atoms with Crippen LogP contribution in [0.25, 0.3) is 22.2 Å². The van der Waals surface area contributed by atoms with Crippen molar-refractivity contribution in [1.29, 1.82) is 0 Å². The smallest absolute Gasteiger partial charge is 0.175 e. The molecule has 2 heterocycles. The highest BCUT2D eigenvalue weighted by Gasteiger charge is 2.13. The summed E-state index contributed by atoms with van der Waals surface area (Å²) in [5.74, 6) is 0.426. The average Bonchev–Trinajstić information content (AvgIpc) is 3.11. The van der Waals surface area contributed by atoms with Gasteiger partial charge < -0.3 is 4.98 Å². The molecule has 0 unspecified atom stereocenters. The highest BCUT2D eigenvalue weighted by Crippen LogP contribution is 2.24. The molecule has 4 nitrogen and oxygen atoms in total. The Hall–Kier alpha value is -2.92. The quantitative estimate of drug-likeness (QED) is 0.326. The van der Waals surface area contributed by atoms with E-state index in [0.717, 1.165) is 32.7 Å². The summed E-state index contributed by atoms with van der Waals surface area (Å²) in [4.78, 5) is 24.3. The molecule has 0 saturated carbocycles. The van der Waals surface area contributed by atoms with E-state index in [1.54, 1.807) is 12.5 Å². The van der Waals surface area contributed by atoms with Crippen LogP contribution < -0.4 is 0 Å². The van der Waals surface area contributed by atoms with E-state index >= 15 is 0 Å². The number of thioether (sulfide) groups is 1. The Bertz CT molecular complexity index is 1030. The minimum Gasteiger partial charge on any atom is -0.360 e. The maximum Gasteiger partial charge on any atom is 0.175 e. The minimum atomic E-state index is 0.0855. The van der Waals surface area contributed by atoms with Crippen molar-refractivity contribution in [2.75, 3.05) is 5.75 Å². The van der Waals surface area contributed by atoms with E-state index in [1.165, 1.54) is 11.8 Å². The number of nitrogens with one attached hydrogen (secondary N) is 1. The molecule has 2 aromatic heterocycles. The van der Waals surface area contributed by atoms with Crippen LogP contribution in [-0.2, 0) is 0 Å². The van der Waals surface area contributed by atoms with Gasteiger partial charge in [-0.25, -0.2) is 9.97 Å². The fourth-order valence-corrected chi connectivity index (χ4v) is 3.46. The van der Waals surface area contributed by atoms with Crippen molar-refractivity contribution in [1.82, 2.24) is 15.0 Å². The number of H-pyrrole nitrogens is 1. The van der Waals surface area contributed by atoms with Crippen LogP contribution in [0.15, 0.2) is 78.2 Å². The van der Waals surface area contributed by atoms with Crippen LogP contribution in [0, 0.1) is 0 Å². The first-order chi connectivity index (χ1) is 12.3. The van der Waals surface area contributed by atoms with E-state index in [0.29, 0.717) is 5.75 Å². The topological polar surface area (TPSA) is 58.6 Å². The van der Waals surface area contributed by atoms with E-state index < -0.39 is 0 Å². The zero-order valence-electron chi connectivity index (χ0n) is 13.3. The number of carbonyl (C=O) groups is 1. The van der Waals surface area contributed by atoms with Crippen LogP contribution in [-0.4, -0.2) is 26.5 Å². The van der Waals surface area contributed by atoms with Crippen LogP contribution in [0.2, 0.25) is 0 Å². The van der Waals surface area contributed by atoms with E-state index in [9.17, 15) is 4.79 Å². The third kappa shape index (κ3) is 3.32. The van der Waals surface area contributed by atoms with Gasteiger partial charge >= 0.3 is 0 Å². The number of benzene rings is 2. The van der Waals surface area contributed by atoms with Gasteiger partial charge in [-0.1, -0.05) is 60.3 Å². The molecule has 4 aromatic rings. The summed E-state index contributed by atoms with van der Waals surface area (Å²) >= 11 is 1.43. The van der Waals surface area contributed by atoms with Gasteiger partial charge in [0.25, 0.3) is 0 Å². The maximum atomic E-state index is 12.6. The Kier molecular flexibility index (Phi) is 4.31. The van der Waals surface area contributed by atoms with Gasteiger partial charge in [0, 0.05) is 28.2 Å². The predicted molar refractivity (Wildman–Crippen MR) is 101 cm³/mol. The lowest BCUT2D eigenvalue weighted by molar-refractivity contribution is 0.102. The summed E-state index contributed by atoms with van der Waals surface area (Å²) < 4.78 is 0. The van der Waals surface area contributed by atoms with Crippen molar-refractivity contribution in [3.63, 3.8) is 0 Å². The van der Waals surface area contributed by atoms with Crippen LogP contribution >= 0.6 is 11.8 Å². The molecule has 4 rings (SSSR count). The fraction of sp³-hybridized carbons (Fsp3) is 0.0500. The first kappa shape index (κ1) is 15.6. The normalized spacial score (nSPS) is 10.9. The van der Waals surface area contributed by atoms with Crippen molar-refractivity contribution in [3.05, 3.63) is 78.8 Å². The third-order valence-corrected chi connectivity index (χ3v) is 4.88. The number of carbonyl (C=O) groups excluding carboxylic acids is 1. The minimum absolute atomic E-state index is 0.0855. The molecule has 2 aromatic carbocycles. The average molecular weight is 345 g/mol. The predicted octanol–water partition coefficient (Wildman–Crippen LogP) is 4.60. The summed E-state index contributed by atoms with van der Waals surface area (Å²) in [6.45, 7) is 0. The zero-order chi connectivity index (χ0) is 17.1. The molecular weight excluding hydrogens is 330 g/mol. The second-order valence-electron chi connectivity index (χ2n) is 5.57. The zero-order valence-corrected chi connectivity index (χ0v) is 14.2. The van der Waals surface area contributed by atoms with Gasteiger partial charge in [-0.05, 0) is 12.1 Å². The molecule has 1 N–H and O–H groups in total. The summed E-state index contributed by atoms with van der Waals surface area (Å²) in [7, 11) is 0. The molecule has 0 aliphatic heterocycles. The summed E-state index contributed by atoms with van der Waals surface area (Å²) in [6.07, 6.45) is 3.32. The summed E-state index contributed by atoms with van der Waals surface area (Å²) in [5.41, 5.74) is 3.59. The lowest BCUT2D eigenvalue weighted by Gasteiger charge is -2.03. The number of fused-ring (bicyclic) bond motifs is 1. The lowest BCUT2D eigenvalue weighted by atomic mass is 10.1. The van der Waals surface area contributed by atoms with Crippen molar-refractivity contribution < 1.29 is 4.79 Å². The number of hydrogen-bond donors (Lipinski definition) is 1. The van der Waals surface area contributed by atoms with E-state index in [1.807, 2.05) is 60.7 Å². The summed E-state index contributed by atoms with van der Waals surface area (Å²) in [5, 5.41) is 1.75. The van der Waals surface area contributed by atoms with Gasteiger partial charge in [-0.3, -0.25) is 4.79 Å². The number of para-hydroxylation sites is 1. The molecular formula is C20H15N3OS. The van der Waals surface area contributed by atoms with Gasteiger partial charge in [0.05, 0.1) is 11.4 Å². The number of nitrogens with zero attached hydrogens (tertiary/aromatic N) is 2. The number of hydrogen-bond acceptors (Lipinski definition) is 4. The first-order valence-electron chi connectivity index (χ1n) is 7.91. The molecule has 25 heavy (non-hydrogen) atoms. The molecule has 122 valence electrons. The van der Waals surface area contributed by atoms with Gasteiger partial charge in [0.15, 0.2) is 5.78 Å². The molecule has 0 fully saturated rings. The number of ketones is 1. The van der Waals surface area contributed by atoms with Gasteiger partial charge in [0.1, 0.15) is 11.4 Å². The van der Waals surface area contributed by atoms with Crippen molar-refractivity contribution >= 4 is 28.4 Å². The Morgan fingerprint density at radius 1 is 1.00 bits per heavy atom. The van der Waals surface area contributed by atoms with Crippen molar-refractivity contribution in [3.8, 4) is 11.3 Å². The molecule has 5 heteroatoms. The Morgan fingerprint density at radius 3 is 2.68 bits per heavy atom. The van der Waals surface area contributed by atoms with Crippen LogP contribution in [0.5, 0.6) is 0 Å². The molecule has 0 amide bonds. The highest BCUT2D eigenvalue weighted by atomic mass is 32.2. The second-order valence-corrected chi connectivity index (χ2v) is 6.56. The number of rotatable bonds is 5. The van der Waals surface area contributed by atoms with E-state index in [4.69, 9.17) is 0 Å². The van der Waals surface area contributed by atoms with Crippen molar-refractivity contribution in [2.45, 2.75) is 5.03 Å². The molecule has 0 aliphatic carbocycles. The van der Waals surface area contributed by atoms with E-state index in [-0.39, 0.29) is 5.78 Å². The van der Waals surface area contributed by atoms with Gasteiger partial charge in [-0.2, -0.15) is 0 Å². The number of Topliss-reactive ketones (excluding diaryl/α,β-unsaturated/α-hetero) is 1. The molecule has 0 bridgehead atoms. The number of aromatic amines is 1. The monoisotopic (exact) mass is 345 g/mol. The van der Waals surface area contributed by atoms with Crippen LogP contribution in [0.4, 0.5) is 0 Å². The summed E-state index contributed by atoms with van der Waals surface area (Å²) in [6, 6.07) is 19.7. The first-order valence-corrected chi connectivity index (χ1v) is 8.89. The molecule has 0 atom stereocenters.